The van der Waals surface area contributed by atoms with E-state index in [4.69, 9.17) is 5.73 Å². The van der Waals surface area contributed by atoms with Crippen LogP contribution in [0.2, 0.25) is 0 Å². The number of rotatable bonds is 3. The average molecular weight is 257 g/mol. The topological polar surface area (TPSA) is 88.8 Å². The first-order valence-electron chi connectivity index (χ1n) is 5.99. The van der Waals surface area contributed by atoms with Crippen LogP contribution < -0.4 is 11.3 Å². The van der Waals surface area contributed by atoms with Gasteiger partial charge in [-0.25, -0.2) is 4.98 Å². The lowest BCUT2D eigenvalue weighted by Crippen LogP contribution is -2.12. The normalized spacial score (nSPS) is 10.7. The predicted octanol–water partition coefficient (Wildman–Crippen LogP) is 1.66. The maximum Gasteiger partial charge on any atom is 0.251 e. The van der Waals surface area contributed by atoms with Crippen molar-refractivity contribution < 1.29 is 4.79 Å². The van der Waals surface area contributed by atoms with Gasteiger partial charge < -0.3 is 10.7 Å². The number of carbonyl (C=O) groups is 1. The van der Waals surface area contributed by atoms with Crippen molar-refractivity contribution in [1.29, 1.82) is 0 Å². The van der Waals surface area contributed by atoms with Gasteiger partial charge >= 0.3 is 0 Å². The number of benzene rings is 1. The minimum absolute atomic E-state index is 0.172. The van der Waals surface area contributed by atoms with Crippen molar-refractivity contribution in [3.63, 3.8) is 0 Å². The molecule has 0 aliphatic heterocycles. The molecule has 0 saturated carbocycles. The van der Waals surface area contributed by atoms with E-state index >= 15 is 0 Å². The van der Waals surface area contributed by atoms with Crippen molar-refractivity contribution in [2.45, 2.75) is 19.8 Å². The molecule has 0 unspecified atom stereocenters. The summed E-state index contributed by atoms with van der Waals surface area (Å²) in [5.41, 5.74) is 6.89. The van der Waals surface area contributed by atoms with Crippen LogP contribution in [0.3, 0.4) is 0 Å². The van der Waals surface area contributed by atoms with E-state index in [-0.39, 0.29) is 11.5 Å². The predicted molar refractivity (Wildman–Crippen MR) is 72.9 cm³/mol. The lowest BCUT2D eigenvalue weighted by atomic mass is 10.1. The first-order chi connectivity index (χ1) is 8.97. The molecule has 19 heavy (non-hydrogen) atoms. The Kier molecular flexibility index (Phi) is 3.46. The van der Waals surface area contributed by atoms with Crippen LogP contribution in [0.4, 0.5) is 0 Å². The third-order valence-electron chi connectivity index (χ3n) is 2.80. The maximum absolute atomic E-state index is 11.6. The molecule has 98 valence electrons. The van der Waals surface area contributed by atoms with E-state index in [2.05, 4.69) is 9.97 Å². The number of nitrogens with two attached hydrogens (primary N) is 1. The summed E-state index contributed by atoms with van der Waals surface area (Å²) in [6.07, 6.45) is 0. The zero-order chi connectivity index (χ0) is 14.0. The van der Waals surface area contributed by atoms with E-state index in [0.29, 0.717) is 11.4 Å². The van der Waals surface area contributed by atoms with Gasteiger partial charge in [-0.15, -0.1) is 0 Å². The Bertz CT molecular complexity index is 657. The molecule has 2 rings (SSSR count). The molecule has 0 bridgehead atoms. The molecule has 1 aromatic heterocycles. The van der Waals surface area contributed by atoms with Crippen LogP contribution in [0.15, 0.2) is 35.1 Å². The van der Waals surface area contributed by atoms with Gasteiger partial charge in [0.15, 0.2) is 0 Å². The van der Waals surface area contributed by atoms with Gasteiger partial charge in [-0.1, -0.05) is 26.0 Å². The lowest BCUT2D eigenvalue weighted by Gasteiger charge is -2.07. The van der Waals surface area contributed by atoms with Crippen LogP contribution in [0, 0.1) is 0 Å². The highest BCUT2D eigenvalue weighted by Gasteiger charge is 2.07. The third kappa shape index (κ3) is 2.88. The zero-order valence-corrected chi connectivity index (χ0v) is 10.8. The standard InChI is InChI=1S/C14H15N3O2/c1-8(2)11-7-12(18)17-14(16-11)10-5-3-9(4-6-10)13(15)19/h3-8H,1-2H3,(H2,15,19)(H,16,17,18). The number of hydrogen-bond acceptors (Lipinski definition) is 3. The molecule has 2 aromatic rings. The summed E-state index contributed by atoms with van der Waals surface area (Å²) < 4.78 is 0. The Morgan fingerprint density at radius 2 is 1.89 bits per heavy atom. The van der Waals surface area contributed by atoms with Crippen LogP contribution in [0.5, 0.6) is 0 Å². The monoisotopic (exact) mass is 257 g/mol. The summed E-state index contributed by atoms with van der Waals surface area (Å²) >= 11 is 0. The molecule has 5 nitrogen and oxygen atoms in total. The Morgan fingerprint density at radius 1 is 1.26 bits per heavy atom. The maximum atomic E-state index is 11.6. The highest BCUT2D eigenvalue weighted by Crippen LogP contribution is 2.17. The number of primary amides is 1. The number of nitrogens with zero attached hydrogens (tertiary/aromatic N) is 1. The number of H-pyrrole nitrogens is 1. The highest BCUT2D eigenvalue weighted by atomic mass is 16.1. The van der Waals surface area contributed by atoms with Gasteiger partial charge in [-0.2, -0.15) is 0 Å². The number of amides is 1. The summed E-state index contributed by atoms with van der Waals surface area (Å²) in [5, 5.41) is 0. The van der Waals surface area contributed by atoms with Crippen LogP contribution in [0.1, 0.15) is 35.8 Å². The zero-order valence-electron chi connectivity index (χ0n) is 10.8. The molecule has 1 amide bonds. The molecule has 0 aliphatic rings. The quantitative estimate of drug-likeness (QED) is 0.876. The fraction of sp³-hybridized carbons (Fsp3) is 0.214. The molecule has 0 fully saturated rings. The van der Waals surface area contributed by atoms with Gasteiger partial charge in [-0.05, 0) is 18.1 Å². The van der Waals surface area contributed by atoms with Gasteiger partial charge in [-0.3, -0.25) is 9.59 Å². The summed E-state index contributed by atoms with van der Waals surface area (Å²) in [4.78, 5) is 29.7. The number of nitrogens with one attached hydrogen (secondary N) is 1. The molecule has 0 atom stereocenters. The minimum atomic E-state index is -0.482. The molecule has 1 heterocycles. The molecule has 0 aliphatic carbocycles. The summed E-state index contributed by atoms with van der Waals surface area (Å²) in [6.45, 7) is 3.95. The molecular formula is C14H15N3O2. The second kappa shape index (κ2) is 5.06. The molecule has 0 radical (unpaired) electrons. The summed E-state index contributed by atoms with van der Waals surface area (Å²) in [6, 6.07) is 8.14. The minimum Gasteiger partial charge on any atom is -0.366 e. The molecule has 0 saturated heterocycles. The Morgan fingerprint density at radius 3 is 2.42 bits per heavy atom. The van der Waals surface area contributed by atoms with E-state index < -0.39 is 5.91 Å². The van der Waals surface area contributed by atoms with Crippen LogP contribution in [0.25, 0.3) is 11.4 Å². The van der Waals surface area contributed by atoms with Crippen LogP contribution in [-0.2, 0) is 0 Å². The number of carbonyl (C=O) groups excluding carboxylic acids is 1. The first kappa shape index (κ1) is 13.0. The fourth-order valence-corrected chi connectivity index (χ4v) is 1.70. The molecular weight excluding hydrogens is 242 g/mol. The third-order valence-corrected chi connectivity index (χ3v) is 2.80. The van der Waals surface area contributed by atoms with E-state index in [1.165, 1.54) is 6.07 Å². The van der Waals surface area contributed by atoms with Gasteiger partial charge in [0.1, 0.15) is 5.82 Å². The lowest BCUT2D eigenvalue weighted by molar-refractivity contribution is 0.100. The van der Waals surface area contributed by atoms with Crippen molar-refractivity contribution in [2.24, 2.45) is 5.73 Å². The average Bonchev–Trinajstić information content (AvgIpc) is 2.38. The van der Waals surface area contributed by atoms with Crippen molar-refractivity contribution in [1.82, 2.24) is 9.97 Å². The van der Waals surface area contributed by atoms with Crippen molar-refractivity contribution in [3.05, 3.63) is 51.9 Å². The fourth-order valence-electron chi connectivity index (χ4n) is 1.70. The molecule has 5 heteroatoms. The second-order valence-electron chi connectivity index (χ2n) is 4.62. The Hall–Kier alpha value is -2.43. The molecule has 0 spiro atoms. The SMILES string of the molecule is CC(C)c1cc(=O)[nH]c(-c2ccc(C(N)=O)cc2)n1. The summed E-state index contributed by atoms with van der Waals surface area (Å²) in [7, 11) is 0. The van der Waals surface area contributed by atoms with E-state index in [1.54, 1.807) is 24.3 Å². The molecule has 1 aromatic carbocycles. The van der Waals surface area contributed by atoms with Crippen molar-refractivity contribution in [2.75, 3.05) is 0 Å². The van der Waals surface area contributed by atoms with Gasteiger partial charge in [0.2, 0.25) is 5.91 Å². The number of aromatic nitrogens is 2. The number of aromatic amines is 1. The van der Waals surface area contributed by atoms with Gasteiger partial charge in [0.05, 0.1) is 5.69 Å². The van der Waals surface area contributed by atoms with E-state index in [9.17, 15) is 9.59 Å². The number of hydrogen-bond donors (Lipinski definition) is 2. The van der Waals surface area contributed by atoms with Gasteiger partial charge in [0.25, 0.3) is 5.56 Å². The smallest absolute Gasteiger partial charge is 0.251 e. The summed E-state index contributed by atoms with van der Waals surface area (Å²) in [5.74, 6) is 0.182. The first-order valence-corrected chi connectivity index (χ1v) is 5.99. The van der Waals surface area contributed by atoms with Gasteiger partial charge in [0, 0.05) is 17.2 Å². The second-order valence-corrected chi connectivity index (χ2v) is 4.62. The highest BCUT2D eigenvalue weighted by molar-refractivity contribution is 5.93. The Labute approximate surface area is 110 Å². The van der Waals surface area contributed by atoms with Crippen molar-refractivity contribution in [3.8, 4) is 11.4 Å². The van der Waals surface area contributed by atoms with Crippen LogP contribution >= 0.6 is 0 Å². The van der Waals surface area contributed by atoms with Crippen molar-refractivity contribution >= 4 is 5.91 Å². The van der Waals surface area contributed by atoms with E-state index in [0.717, 1.165) is 11.3 Å². The largest absolute Gasteiger partial charge is 0.366 e. The molecule has 3 N–H and O–H groups in total. The van der Waals surface area contributed by atoms with Crippen LogP contribution in [-0.4, -0.2) is 15.9 Å². The Balaban J connectivity index is 2.46. The van der Waals surface area contributed by atoms with E-state index in [1.807, 2.05) is 13.8 Å².